The molecule has 0 aromatic carbocycles. The molecule has 2 aromatic rings. The number of nitrogens with one attached hydrogen (secondary N) is 1. The van der Waals surface area contributed by atoms with Crippen LogP contribution in [0.2, 0.25) is 0 Å². The quantitative estimate of drug-likeness (QED) is 0.920. The molecule has 0 bridgehead atoms. The number of nitrogens with zero attached hydrogens (tertiary/aromatic N) is 3. The van der Waals surface area contributed by atoms with Crippen LogP contribution in [0.5, 0.6) is 0 Å². The van der Waals surface area contributed by atoms with Gasteiger partial charge in [-0.1, -0.05) is 11.3 Å². The number of rotatable bonds is 2. The molecule has 21 heavy (non-hydrogen) atoms. The van der Waals surface area contributed by atoms with Gasteiger partial charge in [-0.25, -0.2) is 4.98 Å². The van der Waals surface area contributed by atoms with Gasteiger partial charge in [0, 0.05) is 38.5 Å². The van der Waals surface area contributed by atoms with Crippen molar-refractivity contribution < 1.29 is 9.59 Å². The number of carbonyl (C=O) groups excluding carboxylic acids is 2. The number of carbonyl (C=O) groups is 2. The molecule has 0 saturated carbocycles. The summed E-state index contributed by atoms with van der Waals surface area (Å²) in [6.45, 7) is 4.56. The highest BCUT2D eigenvalue weighted by Crippen LogP contribution is 2.30. The Hall–Kier alpha value is -2.02. The van der Waals surface area contributed by atoms with Gasteiger partial charge < -0.3 is 10.2 Å². The molecule has 1 aliphatic heterocycles. The van der Waals surface area contributed by atoms with Crippen molar-refractivity contribution in [1.82, 2.24) is 14.9 Å². The van der Waals surface area contributed by atoms with Crippen molar-refractivity contribution >= 4 is 38.6 Å². The largest absolute Gasteiger partial charge is 0.342 e. The summed E-state index contributed by atoms with van der Waals surface area (Å²) in [5, 5.41) is 3.25. The maximum Gasteiger partial charge on any atom is 0.223 e. The molecule has 0 radical (unpaired) electrons. The number of hydrogen-bond acceptors (Lipinski definition) is 5. The lowest BCUT2D eigenvalue weighted by molar-refractivity contribution is -0.127. The first-order valence-corrected chi connectivity index (χ1v) is 7.65. The minimum atomic E-state index is -0.137. The summed E-state index contributed by atoms with van der Waals surface area (Å²) >= 11 is 1.41. The number of anilines is 1. The van der Waals surface area contributed by atoms with Gasteiger partial charge in [0.05, 0.1) is 4.70 Å². The average molecular weight is 304 g/mol. The van der Waals surface area contributed by atoms with Crippen LogP contribution in [-0.2, 0) is 9.59 Å². The van der Waals surface area contributed by atoms with Crippen molar-refractivity contribution in [2.24, 2.45) is 0 Å². The van der Waals surface area contributed by atoms with E-state index in [9.17, 15) is 9.59 Å². The highest BCUT2D eigenvalue weighted by Gasteiger charge is 2.26. The number of fused-ring (bicyclic) bond motifs is 1. The summed E-state index contributed by atoms with van der Waals surface area (Å²) in [6, 6.07) is 3.98. The van der Waals surface area contributed by atoms with Gasteiger partial charge in [-0.2, -0.15) is 4.98 Å². The number of likely N-dealkylation sites (tertiary alicyclic amines) is 1. The molecule has 1 N–H and O–H groups in total. The van der Waals surface area contributed by atoms with Crippen LogP contribution < -0.4 is 5.32 Å². The summed E-state index contributed by atoms with van der Waals surface area (Å²) in [7, 11) is 0. The number of hydrogen-bond donors (Lipinski definition) is 1. The third-order valence-corrected chi connectivity index (χ3v) is 4.54. The van der Waals surface area contributed by atoms with Crippen LogP contribution in [0.15, 0.2) is 12.1 Å². The number of aromatic nitrogens is 2. The molecule has 6 nitrogen and oxygen atoms in total. The van der Waals surface area contributed by atoms with E-state index in [1.807, 2.05) is 17.0 Å². The third-order valence-electron chi connectivity index (χ3n) is 3.61. The lowest BCUT2D eigenvalue weighted by Crippen LogP contribution is -2.25. The Morgan fingerprint density at radius 2 is 2.14 bits per heavy atom. The Bertz CT molecular complexity index is 712. The minimum absolute atomic E-state index is 0.111. The summed E-state index contributed by atoms with van der Waals surface area (Å²) in [5.41, 5.74) is 1.62. The van der Waals surface area contributed by atoms with E-state index in [0.717, 1.165) is 29.9 Å². The summed E-state index contributed by atoms with van der Waals surface area (Å²) in [5.74, 6) is 0.242. The first kappa shape index (κ1) is 13.9. The normalized spacial score (nSPS) is 18.2. The van der Waals surface area contributed by atoms with Crippen molar-refractivity contribution in [2.45, 2.75) is 26.2 Å². The molecular formula is C14H16N4O2S. The topological polar surface area (TPSA) is 75.2 Å². The second kappa shape index (κ2) is 5.40. The molecule has 2 aromatic heterocycles. The first-order valence-electron chi connectivity index (χ1n) is 6.83. The summed E-state index contributed by atoms with van der Waals surface area (Å²) in [6.07, 6.45) is 0.931. The monoisotopic (exact) mass is 304 g/mol. The molecule has 1 aliphatic rings. The van der Waals surface area contributed by atoms with Crippen LogP contribution in [0.3, 0.4) is 0 Å². The van der Waals surface area contributed by atoms with Gasteiger partial charge >= 0.3 is 0 Å². The Kier molecular flexibility index (Phi) is 3.59. The summed E-state index contributed by atoms with van der Waals surface area (Å²) in [4.78, 5) is 33.2. The van der Waals surface area contributed by atoms with Gasteiger partial charge in [0.2, 0.25) is 11.8 Å². The van der Waals surface area contributed by atoms with Gasteiger partial charge in [-0.15, -0.1) is 0 Å². The van der Waals surface area contributed by atoms with Crippen molar-refractivity contribution in [3.8, 4) is 0 Å². The predicted molar refractivity (Wildman–Crippen MR) is 81.3 cm³/mol. The Morgan fingerprint density at radius 3 is 2.81 bits per heavy atom. The van der Waals surface area contributed by atoms with Crippen molar-refractivity contribution in [3.05, 3.63) is 17.8 Å². The molecule has 110 valence electrons. The summed E-state index contributed by atoms with van der Waals surface area (Å²) < 4.78 is 0.948. The fourth-order valence-electron chi connectivity index (χ4n) is 2.55. The van der Waals surface area contributed by atoms with Crippen LogP contribution in [-0.4, -0.2) is 39.8 Å². The highest BCUT2D eigenvalue weighted by atomic mass is 32.1. The zero-order valence-electron chi connectivity index (χ0n) is 11.9. The van der Waals surface area contributed by atoms with E-state index in [-0.39, 0.29) is 17.7 Å². The molecule has 3 rings (SSSR count). The predicted octanol–water partition coefficient (Wildman–Crippen LogP) is 1.99. The molecule has 7 heteroatoms. The first-order chi connectivity index (χ1) is 10.0. The molecular weight excluding hydrogens is 288 g/mol. The van der Waals surface area contributed by atoms with E-state index in [4.69, 9.17) is 0 Å². The lowest BCUT2D eigenvalue weighted by atomic mass is 10.0. The fourth-order valence-corrected chi connectivity index (χ4v) is 3.41. The second-order valence-corrected chi connectivity index (χ2v) is 6.24. The van der Waals surface area contributed by atoms with E-state index in [0.29, 0.717) is 10.8 Å². The molecule has 0 spiro atoms. The van der Waals surface area contributed by atoms with E-state index < -0.39 is 0 Å². The van der Waals surface area contributed by atoms with Crippen LogP contribution >= 0.6 is 11.3 Å². The van der Waals surface area contributed by atoms with Crippen molar-refractivity contribution in [1.29, 1.82) is 0 Å². The average Bonchev–Trinajstić information content (AvgIpc) is 3.02. The smallest absolute Gasteiger partial charge is 0.223 e. The lowest BCUT2D eigenvalue weighted by Gasteiger charge is -2.13. The molecule has 2 amide bonds. The van der Waals surface area contributed by atoms with Gasteiger partial charge in [-0.3, -0.25) is 9.59 Å². The standard InChI is InChI=1S/C14H16N4O2S/c1-8(19)15-14-17-13-12(21-14)4-3-11(16-13)10-5-6-18(7-10)9(2)20/h3-4,10H,5-7H2,1-2H3,(H,15,16,17,19). The van der Waals surface area contributed by atoms with Crippen molar-refractivity contribution in [2.75, 3.05) is 18.4 Å². The molecule has 0 aliphatic carbocycles. The van der Waals surface area contributed by atoms with Gasteiger partial charge in [0.15, 0.2) is 10.8 Å². The maximum atomic E-state index is 11.4. The molecule has 3 heterocycles. The second-order valence-electron chi connectivity index (χ2n) is 5.21. The van der Waals surface area contributed by atoms with E-state index in [2.05, 4.69) is 15.3 Å². The van der Waals surface area contributed by atoms with Gasteiger partial charge in [-0.05, 0) is 18.6 Å². The Morgan fingerprint density at radius 1 is 1.33 bits per heavy atom. The van der Waals surface area contributed by atoms with E-state index in [1.54, 1.807) is 6.92 Å². The minimum Gasteiger partial charge on any atom is -0.342 e. The number of thiazole rings is 1. The van der Waals surface area contributed by atoms with Crippen LogP contribution in [0.4, 0.5) is 5.13 Å². The zero-order valence-corrected chi connectivity index (χ0v) is 12.7. The molecule has 1 fully saturated rings. The van der Waals surface area contributed by atoms with Crippen LogP contribution in [0, 0.1) is 0 Å². The SMILES string of the molecule is CC(=O)Nc1nc2nc(C3CCN(C(C)=O)C3)ccc2s1. The Balaban J connectivity index is 1.84. The van der Waals surface area contributed by atoms with Crippen LogP contribution in [0.25, 0.3) is 10.3 Å². The van der Waals surface area contributed by atoms with Crippen molar-refractivity contribution in [3.63, 3.8) is 0 Å². The fraction of sp³-hybridized carbons (Fsp3) is 0.429. The van der Waals surface area contributed by atoms with Gasteiger partial charge in [0.1, 0.15) is 0 Å². The van der Waals surface area contributed by atoms with Gasteiger partial charge in [0.25, 0.3) is 0 Å². The van der Waals surface area contributed by atoms with E-state index >= 15 is 0 Å². The molecule has 1 atom stereocenters. The number of amides is 2. The zero-order chi connectivity index (χ0) is 15.0. The highest BCUT2D eigenvalue weighted by molar-refractivity contribution is 7.22. The molecule has 1 unspecified atom stereocenters. The van der Waals surface area contributed by atoms with E-state index in [1.165, 1.54) is 18.3 Å². The van der Waals surface area contributed by atoms with Crippen LogP contribution in [0.1, 0.15) is 31.9 Å². The maximum absolute atomic E-state index is 11.4. The Labute approximate surface area is 126 Å². The molecule has 1 saturated heterocycles. The number of pyridine rings is 1. The third kappa shape index (κ3) is 2.87.